The van der Waals surface area contributed by atoms with Crippen LogP contribution in [0.25, 0.3) is 0 Å². The van der Waals surface area contributed by atoms with Crippen LogP contribution >= 0.6 is 11.8 Å². The summed E-state index contributed by atoms with van der Waals surface area (Å²) in [5.41, 5.74) is 5.50. The average molecular weight is 300 g/mol. The molecule has 0 aromatic heterocycles. The van der Waals surface area contributed by atoms with E-state index in [1.54, 1.807) is 0 Å². The molecule has 1 aliphatic carbocycles. The van der Waals surface area contributed by atoms with Gasteiger partial charge in [0.05, 0.1) is 5.41 Å². The van der Waals surface area contributed by atoms with Crippen molar-refractivity contribution in [1.29, 1.82) is 0 Å². The molecule has 1 saturated carbocycles. The van der Waals surface area contributed by atoms with E-state index in [2.05, 4.69) is 11.6 Å². The first-order valence-corrected chi connectivity index (χ1v) is 9.00. The van der Waals surface area contributed by atoms with E-state index >= 15 is 0 Å². The van der Waals surface area contributed by atoms with Crippen molar-refractivity contribution in [3.63, 3.8) is 0 Å². The minimum atomic E-state index is -0.396. The molecule has 4 nitrogen and oxygen atoms in total. The third-order valence-corrected chi connectivity index (χ3v) is 6.51. The van der Waals surface area contributed by atoms with Crippen LogP contribution in [-0.2, 0) is 9.53 Å². The van der Waals surface area contributed by atoms with E-state index in [9.17, 15) is 4.79 Å². The number of hydrogen-bond donors (Lipinski definition) is 2. The van der Waals surface area contributed by atoms with Crippen LogP contribution in [-0.4, -0.2) is 43.2 Å². The van der Waals surface area contributed by atoms with Gasteiger partial charge in [-0.15, -0.1) is 0 Å². The summed E-state index contributed by atoms with van der Waals surface area (Å²) in [7, 11) is 0. The second kappa shape index (κ2) is 7.14. The zero-order valence-corrected chi connectivity index (χ0v) is 13.4. The summed E-state index contributed by atoms with van der Waals surface area (Å²) in [6.07, 6.45) is 10.0. The zero-order chi connectivity index (χ0) is 14.5. The lowest BCUT2D eigenvalue weighted by Crippen LogP contribution is -2.52. The molecular formula is C15H28N2O2S. The first-order chi connectivity index (χ1) is 9.66. The van der Waals surface area contributed by atoms with Crippen LogP contribution in [0.3, 0.4) is 0 Å². The largest absolute Gasteiger partial charge is 0.381 e. The van der Waals surface area contributed by atoms with E-state index in [4.69, 9.17) is 10.5 Å². The highest BCUT2D eigenvalue weighted by molar-refractivity contribution is 8.00. The van der Waals surface area contributed by atoms with Gasteiger partial charge in [0.2, 0.25) is 5.91 Å². The van der Waals surface area contributed by atoms with Gasteiger partial charge in [0, 0.05) is 31.1 Å². The van der Waals surface area contributed by atoms with Gasteiger partial charge >= 0.3 is 0 Å². The molecule has 0 spiro atoms. The Morgan fingerprint density at radius 1 is 1.20 bits per heavy atom. The molecule has 0 radical (unpaired) electrons. The fraction of sp³-hybridized carbons (Fsp3) is 0.933. The summed E-state index contributed by atoms with van der Waals surface area (Å²) in [5, 5.41) is 3.21. The lowest BCUT2D eigenvalue weighted by Gasteiger charge is -2.39. The van der Waals surface area contributed by atoms with Gasteiger partial charge in [-0.2, -0.15) is 11.8 Å². The molecule has 0 bridgehead atoms. The van der Waals surface area contributed by atoms with Crippen LogP contribution in [0.1, 0.15) is 44.9 Å². The fourth-order valence-corrected chi connectivity index (χ4v) is 4.28. The lowest BCUT2D eigenvalue weighted by molar-refractivity contribution is -0.136. The van der Waals surface area contributed by atoms with Gasteiger partial charge in [0.1, 0.15) is 0 Å². The molecule has 2 aliphatic rings. The van der Waals surface area contributed by atoms with Gasteiger partial charge in [0.15, 0.2) is 0 Å². The Balaban J connectivity index is 1.92. The van der Waals surface area contributed by atoms with E-state index in [1.165, 1.54) is 32.1 Å². The smallest absolute Gasteiger partial charge is 0.227 e. The second-order valence-electron chi connectivity index (χ2n) is 6.23. The van der Waals surface area contributed by atoms with E-state index in [-0.39, 0.29) is 10.7 Å². The number of carbonyl (C=O) groups is 1. The normalized spacial score (nSPS) is 25.1. The number of ether oxygens (including phenoxy) is 1. The number of rotatable bonds is 5. The maximum absolute atomic E-state index is 12.6. The molecule has 116 valence electrons. The number of nitrogens with two attached hydrogens (primary N) is 1. The predicted molar refractivity (Wildman–Crippen MR) is 83.9 cm³/mol. The molecule has 2 rings (SSSR count). The van der Waals surface area contributed by atoms with Gasteiger partial charge < -0.3 is 15.8 Å². The highest BCUT2D eigenvalue weighted by Crippen LogP contribution is 2.38. The molecule has 2 fully saturated rings. The van der Waals surface area contributed by atoms with Crippen LogP contribution in [0, 0.1) is 5.41 Å². The van der Waals surface area contributed by atoms with Crippen molar-refractivity contribution < 1.29 is 9.53 Å². The maximum Gasteiger partial charge on any atom is 0.227 e. The van der Waals surface area contributed by atoms with E-state index in [0.717, 1.165) is 19.4 Å². The number of carbonyl (C=O) groups excluding carboxylic acids is 1. The molecule has 1 heterocycles. The van der Waals surface area contributed by atoms with Crippen molar-refractivity contribution in [2.45, 2.75) is 49.7 Å². The van der Waals surface area contributed by atoms with Crippen molar-refractivity contribution in [2.75, 3.05) is 32.6 Å². The SMILES string of the molecule is CSC1(CNC(=O)C2(CN)CCOCC2)CCCCC1. The van der Waals surface area contributed by atoms with Crippen LogP contribution in [0.4, 0.5) is 0 Å². The molecule has 0 aromatic carbocycles. The van der Waals surface area contributed by atoms with Crippen LogP contribution in [0.5, 0.6) is 0 Å². The summed E-state index contributed by atoms with van der Waals surface area (Å²) in [5.74, 6) is 0.141. The van der Waals surface area contributed by atoms with Gasteiger partial charge in [-0.3, -0.25) is 4.79 Å². The van der Waals surface area contributed by atoms with Crippen molar-refractivity contribution in [3.8, 4) is 0 Å². The Bertz CT molecular complexity index is 324. The number of thioether (sulfide) groups is 1. The van der Waals surface area contributed by atoms with Crippen LogP contribution in [0.15, 0.2) is 0 Å². The van der Waals surface area contributed by atoms with Gasteiger partial charge in [-0.25, -0.2) is 0 Å². The van der Waals surface area contributed by atoms with E-state index in [1.807, 2.05) is 11.8 Å². The molecule has 1 saturated heterocycles. The predicted octanol–water partition coefficient (Wildman–Crippen LogP) is 1.92. The van der Waals surface area contributed by atoms with Crippen molar-refractivity contribution in [2.24, 2.45) is 11.1 Å². The minimum absolute atomic E-state index is 0.141. The molecular weight excluding hydrogens is 272 g/mol. The molecule has 20 heavy (non-hydrogen) atoms. The number of hydrogen-bond acceptors (Lipinski definition) is 4. The minimum Gasteiger partial charge on any atom is -0.381 e. The lowest BCUT2D eigenvalue weighted by atomic mass is 9.79. The molecule has 0 unspecified atom stereocenters. The Kier molecular flexibility index (Phi) is 5.75. The Hall–Kier alpha value is -0.260. The van der Waals surface area contributed by atoms with Gasteiger partial charge in [0.25, 0.3) is 0 Å². The van der Waals surface area contributed by atoms with Gasteiger partial charge in [-0.1, -0.05) is 19.3 Å². The summed E-state index contributed by atoms with van der Waals surface area (Å²) in [6.45, 7) is 2.51. The van der Waals surface area contributed by atoms with Crippen molar-refractivity contribution in [3.05, 3.63) is 0 Å². The monoisotopic (exact) mass is 300 g/mol. The Morgan fingerprint density at radius 3 is 2.40 bits per heavy atom. The third kappa shape index (κ3) is 3.49. The standard InChI is InChI=1S/C15H28N2O2S/c1-20-15(5-3-2-4-6-15)12-17-13(18)14(11-16)7-9-19-10-8-14/h2-12,16H2,1H3,(H,17,18). The fourth-order valence-electron chi connectivity index (χ4n) is 3.36. The summed E-state index contributed by atoms with van der Waals surface area (Å²) in [4.78, 5) is 12.6. The molecule has 0 atom stereocenters. The summed E-state index contributed by atoms with van der Waals surface area (Å²) in [6, 6.07) is 0. The molecule has 1 aliphatic heterocycles. The number of nitrogens with one attached hydrogen (secondary N) is 1. The van der Waals surface area contributed by atoms with Gasteiger partial charge in [-0.05, 0) is 31.9 Å². The quantitative estimate of drug-likeness (QED) is 0.814. The first-order valence-electron chi connectivity index (χ1n) is 7.78. The topological polar surface area (TPSA) is 64.4 Å². The van der Waals surface area contributed by atoms with Crippen molar-refractivity contribution >= 4 is 17.7 Å². The zero-order valence-electron chi connectivity index (χ0n) is 12.6. The average Bonchev–Trinajstić information content (AvgIpc) is 2.54. The second-order valence-corrected chi connectivity index (χ2v) is 7.50. The Labute approximate surface area is 126 Å². The van der Waals surface area contributed by atoms with Crippen LogP contribution in [0.2, 0.25) is 0 Å². The number of amides is 1. The molecule has 3 N–H and O–H groups in total. The highest BCUT2D eigenvalue weighted by Gasteiger charge is 2.40. The molecule has 0 aromatic rings. The van der Waals surface area contributed by atoms with E-state index < -0.39 is 5.41 Å². The third-order valence-electron chi connectivity index (χ3n) is 5.09. The first kappa shape index (κ1) is 16.1. The van der Waals surface area contributed by atoms with Crippen molar-refractivity contribution in [1.82, 2.24) is 5.32 Å². The maximum atomic E-state index is 12.6. The summed E-state index contributed by atoms with van der Waals surface area (Å²) < 4.78 is 5.62. The molecule has 1 amide bonds. The highest BCUT2D eigenvalue weighted by atomic mass is 32.2. The Morgan fingerprint density at radius 2 is 1.85 bits per heavy atom. The summed E-state index contributed by atoms with van der Waals surface area (Å²) >= 11 is 1.92. The van der Waals surface area contributed by atoms with E-state index in [0.29, 0.717) is 19.8 Å². The molecule has 5 heteroatoms. The van der Waals surface area contributed by atoms with Crippen LogP contribution < -0.4 is 11.1 Å².